The summed E-state index contributed by atoms with van der Waals surface area (Å²) in [4.78, 5) is 27.2. The third kappa shape index (κ3) is 3.63. The highest BCUT2D eigenvalue weighted by Crippen LogP contribution is 2.46. The molecule has 3 fully saturated rings. The summed E-state index contributed by atoms with van der Waals surface area (Å²) >= 11 is 0. The van der Waals surface area contributed by atoms with Crippen LogP contribution in [-0.4, -0.2) is 84.8 Å². The minimum Gasteiger partial charge on any atom is -0.364 e. The maximum absolute atomic E-state index is 14.5. The van der Waals surface area contributed by atoms with Crippen molar-refractivity contribution >= 4 is 17.7 Å². The number of nitrogens with one attached hydrogen (secondary N) is 1. The average molecular weight is 437 g/mol. The number of fused-ring (bicyclic) bond motifs is 1. The van der Waals surface area contributed by atoms with Gasteiger partial charge in [-0.3, -0.25) is 4.79 Å². The van der Waals surface area contributed by atoms with Crippen molar-refractivity contribution in [1.82, 2.24) is 20.2 Å². The Hall–Kier alpha value is -2.07. The maximum Gasteiger partial charge on any atom is 0.290 e. The van der Waals surface area contributed by atoms with Crippen LogP contribution in [-0.2, 0) is 21.9 Å². The first-order valence-corrected chi connectivity index (χ1v) is 11.3. The van der Waals surface area contributed by atoms with Gasteiger partial charge in [-0.05, 0) is 26.7 Å². The van der Waals surface area contributed by atoms with Gasteiger partial charge in [0.1, 0.15) is 18.1 Å². The van der Waals surface area contributed by atoms with Gasteiger partial charge in [-0.25, -0.2) is 4.98 Å². The van der Waals surface area contributed by atoms with Gasteiger partial charge in [-0.2, -0.15) is 13.8 Å². The van der Waals surface area contributed by atoms with Crippen LogP contribution in [0.3, 0.4) is 0 Å². The predicted molar refractivity (Wildman–Crippen MR) is 112 cm³/mol. The summed E-state index contributed by atoms with van der Waals surface area (Å²) in [5, 5.41) is 3.23. The second-order valence-electron chi connectivity index (χ2n) is 9.08. The van der Waals surface area contributed by atoms with E-state index in [9.17, 15) is 13.6 Å². The van der Waals surface area contributed by atoms with E-state index in [-0.39, 0.29) is 49.2 Å². The summed E-state index contributed by atoms with van der Waals surface area (Å²) in [5.74, 6) is -1.89. The summed E-state index contributed by atoms with van der Waals surface area (Å²) in [5.41, 5.74) is 0.446. The van der Waals surface area contributed by atoms with Crippen LogP contribution in [0.4, 0.5) is 20.5 Å². The van der Waals surface area contributed by atoms with E-state index in [0.717, 1.165) is 26.1 Å². The quantitative estimate of drug-likeness (QED) is 0.742. The zero-order valence-corrected chi connectivity index (χ0v) is 18.1. The Bertz CT molecular complexity index is 863. The molecule has 1 aromatic heterocycles. The first-order valence-electron chi connectivity index (χ1n) is 11.3. The zero-order valence-electron chi connectivity index (χ0n) is 18.1. The third-order valence-corrected chi connectivity index (χ3v) is 7.15. The number of nitrogens with zero attached hydrogens (tertiary/aromatic N) is 5. The number of aromatic nitrogens is 2. The molecule has 4 aliphatic rings. The Balaban J connectivity index is 1.29. The van der Waals surface area contributed by atoms with Crippen molar-refractivity contribution in [3.63, 3.8) is 0 Å². The molecule has 170 valence electrons. The average Bonchev–Trinajstić information content (AvgIpc) is 3.06. The third-order valence-electron chi connectivity index (χ3n) is 7.15. The Kier molecular flexibility index (Phi) is 5.24. The molecular weight excluding hydrogens is 406 g/mol. The van der Waals surface area contributed by atoms with Gasteiger partial charge < -0.3 is 24.8 Å². The number of piperazine rings is 1. The van der Waals surface area contributed by atoms with E-state index in [1.165, 1.54) is 0 Å². The number of amides is 1. The molecule has 1 aliphatic carbocycles. The molecule has 31 heavy (non-hydrogen) atoms. The molecule has 3 atom stereocenters. The highest BCUT2D eigenvalue weighted by molar-refractivity contribution is 5.77. The van der Waals surface area contributed by atoms with Gasteiger partial charge in [0.25, 0.3) is 5.92 Å². The van der Waals surface area contributed by atoms with E-state index in [2.05, 4.69) is 17.2 Å². The summed E-state index contributed by atoms with van der Waals surface area (Å²) in [6.07, 6.45) is 0.961. The molecule has 3 aliphatic heterocycles. The van der Waals surface area contributed by atoms with Crippen LogP contribution in [0.15, 0.2) is 0 Å². The topological polar surface area (TPSA) is 73.8 Å². The molecule has 1 unspecified atom stereocenters. The molecule has 0 spiro atoms. The largest absolute Gasteiger partial charge is 0.364 e. The molecule has 0 aromatic carbocycles. The summed E-state index contributed by atoms with van der Waals surface area (Å²) in [6.45, 7) is 8.46. The van der Waals surface area contributed by atoms with Gasteiger partial charge in [-0.15, -0.1) is 0 Å². The van der Waals surface area contributed by atoms with E-state index in [4.69, 9.17) is 9.72 Å². The van der Waals surface area contributed by atoms with Crippen LogP contribution >= 0.6 is 0 Å². The Labute approximate surface area is 180 Å². The SMILES string of the molecule is C[C@H]1CCN1c1nc(N2CC(OCC(=O)N3CCNCC3)[C@@H]2C)c2c(n1)C(F)(F)CC2. The van der Waals surface area contributed by atoms with Crippen molar-refractivity contribution < 1.29 is 18.3 Å². The molecule has 1 amide bonds. The number of hydrogen-bond donors (Lipinski definition) is 1. The smallest absolute Gasteiger partial charge is 0.290 e. The van der Waals surface area contributed by atoms with Crippen molar-refractivity contribution in [2.75, 3.05) is 55.7 Å². The van der Waals surface area contributed by atoms with Gasteiger partial charge in [0.15, 0.2) is 0 Å². The predicted octanol–water partition coefficient (Wildman–Crippen LogP) is 1.14. The minimum atomic E-state index is -2.91. The van der Waals surface area contributed by atoms with Gasteiger partial charge >= 0.3 is 0 Å². The van der Waals surface area contributed by atoms with Gasteiger partial charge in [0, 0.05) is 57.3 Å². The van der Waals surface area contributed by atoms with Gasteiger partial charge in [-0.1, -0.05) is 0 Å². The van der Waals surface area contributed by atoms with E-state index >= 15 is 0 Å². The van der Waals surface area contributed by atoms with Gasteiger partial charge in [0.2, 0.25) is 11.9 Å². The highest BCUT2D eigenvalue weighted by Gasteiger charge is 2.47. The molecule has 0 bridgehead atoms. The lowest BCUT2D eigenvalue weighted by Gasteiger charge is -2.48. The van der Waals surface area contributed by atoms with Crippen molar-refractivity contribution in [2.24, 2.45) is 0 Å². The lowest BCUT2D eigenvalue weighted by atomic mass is 9.99. The number of alkyl halides is 2. The van der Waals surface area contributed by atoms with Crippen molar-refractivity contribution in [3.8, 4) is 0 Å². The normalized spacial score (nSPS) is 29.4. The Morgan fingerprint density at radius 2 is 1.97 bits per heavy atom. The van der Waals surface area contributed by atoms with Crippen molar-refractivity contribution in [3.05, 3.63) is 11.3 Å². The monoisotopic (exact) mass is 436 g/mol. The first kappa shape index (κ1) is 20.8. The molecule has 8 nitrogen and oxygen atoms in total. The fourth-order valence-electron chi connectivity index (χ4n) is 4.80. The lowest BCUT2D eigenvalue weighted by molar-refractivity contribution is -0.140. The molecule has 3 saturated heterocycles. The van der Waals surface area contributed by atoms with Crippen molar-refractivity contribution in [2.45, 2.75) is 57.2 Å². The zero-order chi connectivity index (χ0) is 21.8. The van der Waals surface area contributed by atoms with Crippen LogP contribution < -0.4 is 15.1 Å². The van der Waals surface area contributed by atoms with Crippen LogP contribution in [0.5, 0.6) is 0 Å². The molecule has 0 radical (unpaired) electrons. The summed E-state index contributed by atoms with van der Waals surface area (Å²) in [6, 6.07) is 0.229. The molecule has 10 heteroatoms. The molecule has 0 saturated carbocycles. The number of carbonyl (C=O) groups excluding carboxylic acids is 1. The second kappa shape index (κ2) is 7.81. The fraction of sp³-hybridized carbons (Fsp3) is 0.762. The molecule has 4 heterocycles. The minimum absolute atomic E-state index is 0.00350. The number of anilines is 2. The van der Waals surface area contributed by atoms with E-state index in [1.807, 2.05) is 21.6 Å². The van der Waals surface area contributed by atoms with Gasteiger partial charge in [0.05, 0.1) is 12.1 Å². The summed E-state index contributed by atoms with van der Waals surface area (Å²) in [7, 11) is 0. The number of rotatable bonds is 5. The van der Waals surface area contributed by atoms with E-state index in [0.29, 0.717) is 37.0 Å². The Morgan fingerprint density at radius 3 is 2.61 bits per heavy atom. The van der Waals surface area contributed by atoms with Crippen molar-refractivity contribution in [1.29, 1.82) is 0 Å². The van der Waals surface area contributed by atoms with E-state index < -0.39 is 5.92 Å². The second-order valence-corrected chi connectivity index (χ2v) is 9.08. The van der Waals surface area contributed by atoms with Crippen LogP contribution in [0.1, 0.15) is 37.9 Å². The summed E-state index contributed by atoms with van der Waals surface area (Å²) < 4.78 is 34.9. The highest BCUT2D eigenvalue weighted by atomic mass is 19.3. The number of carbonyl (C=O) groups is 1. The number of halogens is 2. The number of hydrogen-bond acceptors (Lipinski definition) is 7. The molecule has 5 rings (SSSR count). The first-order chi connectivity index (χ1) is 14.8. The van der Waals surface area contributed by atoms with Crippen LogP contribution in [0.25, 0.3) is 0 Å². The van der Waals surface area contributed by atoms with Crippen LogP contribution in [0, 0.1) is 0 Å². The standard InChI is InChI=1S/C21H30F2N6O2/c1-13-4-8-28(13)20-25-18-15(3-5-21(18,22)23)19(26-20)29-11-16(14(29)2)31-12-17(30)27-9-6-24-7-10-27/h13-14,16,24H,3-12H2,1-2H3/t13-,14-,16?/m0/s1. The molecular formula is C21H30F2N6O2. The van der Waals surface area contributed by atoms with E-state index in [1.54, 1.807) is 0 Å². The lowest BCUT2D eigenvalue weighted by Crippen LogP contribution is -2.61. The number of ether oxygens (including phenoxy) is 1. The maximum atomic E-state index is 14.5. The molecule has 1 aromatic rings. The Morgan fingerprint density at radius 1 is 1.19 bits per heavy atom. The fourth-order valence-corrected chi connectivity index (χ4v) is 4.80. The molecule has 1 N–H and O–H groups in total. The van der Waals surface area contributed by atoms with Crippen LogP contribution in [0.2, 0.25) is 0 Å².